The van der Waals surface area contributed by atoms with E-state index in [9.17, 15) is 23.3 Å². The zero-order chi connectivity index (χ0) is 19.6. The Morgan fingerprint density at radius 3 is 2.52 bits per heavy atom. The number of nitrogens with zero attached hydrogens (tertiary/aromatic N) is 2. The molecule has 0 unspecified atom stereocenters. The maximum Gasteiger partial charge on any atom is 0.419 e. The molecule has 0 radical (unpaired) electrons. The van der Waals surface area contributed by atoms with Crippen LogP contribution in [0.3, 0.4) is 0 Å². The number of oxazole rings is 1. The van der Waals surface area contributed by atoms with E-state index < -0.39 is 20.5 Å². The number of hydrogen-bond donors (Lipinski definition) is 0. The van der Waals surface area contributed by atoms with Gasteiger partial charge in [-0.05, 0) is 42.5 Å². The molecule has 0 bridgehead atoms. The first-order chi connectivity index (χ1) is 12.8. The minimum absolute atomic E-state index is 0.0996. The minimum atomic E-state index is -3.22. The Balaban J connectivity index is 1.65. The molecule has 0 spiro atoms. The summed E-state index contributed by atoms with van der Waals surface area (Å²) >= 11 is 1.53. The largest absolute Gasteiger partial charge is 0.419 e. The van der Waals surface area contributed by atoms with Gasteiger partial charge in [0.1, 0.15) is 0 Å². The van der Waals surface area contributed by atoms with Gasteiger partial charge in [-0.3, -0.25) is 14.7 Å². The topological polar surface area (TPSA) is 112 Å². The van der Waals surface area contributed by atoms with Crippen LogP contribution in [-0.2, 0) is 16.4 Å². The highest BCUT2D eigenvalue weighted by atomic mass is 32.2. The fraction of sp³-hybridized carbons (Fsp3) is 0.235. The van der Waals surface area contributed by atoms with Crippen molar-refractivity contribution < 1.29 is 17.8 Å². The number of sulfone groups is 1. The molecule has 27 heavy (non-hydrogen) atoms. The number of nitro groups is 1. The molecule has 0 atom stereocenters. The van der Waals surface area contributed by atoms with Crippen molar-refractivity contribution in [1.29, 1.82) is 0 Å². The molecule has 0 N–H and O–H groups in total. The lowest BCUT2D eigenvalue weighted by molar-refractivity contribution is -0.384. The summed E-state index contributed by atoms with van der Waals surface area (Å²) in [6.07, 6.45) is 1.79. The standard InChI is InChI=1S/C17H16N2O6S2/c1-27(23,24)14-6-4-13(5-7-14)26-10-2-9-18-15-11-12(19(21)22)3-8-16(15)25-17(18)20/h3-8,11H,2,9-10H2,1H3. The van der Waals surface area contributed by atoms with Crippen molar-refractivity contribution in [3.8, 4) is 0 Å². The molecule has 0 fully saturated rings. The summed E-state index contributed by atoms with van der Waals surface area (Å²) in [5.41, 5.74) is 0.615. The molecule has 0 saturated heterocycles. The van der Waals surface area contributed by atoms with Gasteiger partial charge < -0.3 is 4.42 Å². The van der Waals surface area contributed by atoms with E-state index in [0.29, 0.717) is 29.8 Å². The molecule has 0 amide bonds. The third-order valence-electron chi connectivity index (χ3n) is 3.91. The Morgan fingerprint density at radius 2 is 1.89 bits per heavy atom. The first-order valence-corrected chi connectivity index (χ1v) is 10.8. The van der Waals surface area contributed by atoms with Crippen LogP contribution in [-0.4, -0.2) is 29.9 Å². The monoisotopic (exact) mass is 408 g/mol. The molecule has 0 aliphatic heterocycles. The summed E-state index contributed by atoms with van der Waals surface area (Å²) in [6.45, 7) is 0.363. The SMILES string of the molecule is CS(=O)(=O)c1ccc(SCCCn2c(=O)oc3ccc([N+](=O)[O-])cc32)cc1. The molecule has 1 heterocycles. The van der Waals surface area contributed by atoms with E-state index in [1.807, 2.05) is 0 Å². The van der Waals surface area contributed by atoms with Gasteiger partial charge in [0, 0.05) is 29.8 Å². The van der Waals surface area contributed by atoms with Crippen molar-refractivity contribution >= 4 is 38.4 Å². The third kappa shape index (κ3) is 4.40. The molecule has 0 saturated carbocycles. The van der Waals surface area contributed by atoms with E-state index in [2.05, 4.69) is 0 Å². The number of benzene rings is 2. The van der Waals surface area contributed by atoms with Gasteiger partial charge >= 0.3 is 5.76 Å². The molecule has 142 valence electrons. The zero-order valence-corrected chi connectivity index (χ0v) is 16.0. The predicted octanol–water partition coefficient (Wildman–Crippen LogP) is 3.09. The number of aromatic nitrogens is 1. The second kappa shape index (κ2) is 7.57. The fourth-order valence-electron chi connectivity index (χ4n) is 2.57. The third-order valence-corrected chi connectivity index (χ3v) is 6.14. The number of nitro benzene ring substituents is 1. The molecule has 0 aliphatic carbocycles. The second-order valence-electron chi connectivity index (χ2n) is 5.87. The van der Waals surface area contributed by atoms with Crippen molar-refractivity contribution in [2.24, 2.45) is 0 Å². The first-order valence-electron chi connectivity index (χ1n) is 7.96. The Bertz CT molecular complexity index is 1150. The number of hydrogen-bond acceptors (Lipinski definition) is 7. The van der Waals surface area contributed by atoms with Gasteiger partial charge in [-0.25, -0.2) is 13.2 Å². The van der Waals surface area contributed by atoms with Crippen molar-refractivity contribution in [3.05, 3.63) is 63.1 Å². The Labute approximate surface area is 158 Å². The van der Waals surface area contributed by atoms with Crippen molar-refractivity contribution in [2.45, 2.75) is 22.8 Å². The van der Waals surface area contributed by atoms with Gasteiger partial charge in [-0.2, -0.15) is 0 Å². The number of rotatable bonds is 7. The average molecular weight is 408 g/mol. The van der Waals surface area contributed by atoms with Gasteiger partial charge in [-0.1, -0.05) is 0 Å². The summed E-state index contributed by atoms with van der Waals surface area (Å²) < 4.78 is 29.4. The first kappa shape index (κ1) is 19.2. The van der Waals surface area contributed by atoms with E-state index in [0.717, 1.165) is 11.2 Å². The van der Waals surface area contributed by atoms with E-state index >= 15 is 0 Å². The number of fused-ring (bicyclic) bond motifs is 1. The van der Waals surface area contributed by atoms with Crippen LogP contribution in [0.4, 0.5) is 5.69 Å². The van der Waals surface area contributed by atoms with E-state index in [4.69, 9.17) is 4.42 Å². The van der Waals surface area contributed by atoms with Crippen molar-refractivity contribution in [1.82, 2.24) is 4.57 Å². The van der Waals surface area contributed by atoms with Crippen LogP contribution in [0, 0.1) is 10.1 Å². The van der Waals surface area contributed by atoms with Crippen LogP contribution in [0.1, 0.15) is 6.42 Å². The lowest BCUT2D eigenvalue weighted by atomic mass is 10.3. The zero-order valence-electron chi connectivity index (χ0n) is 14.3. The normalized spacial score (nSPS) is 11.7. The molecule has 10 heteroatoms. The fourth-order valence-corrected chi connectivity index (χ4v) is 4.04. The summed E-state index contributed by atoms with van der Waals surface area (Å²) in [7, 11) is -3.22. The molecule has 3 aromatic rings. The van der Waals surface area contributed by atoms with E-state index in [1.54, 1.807) is 24.3 Å². The summed E-state index contributed by atoms with van der Waals surface area (Å²) in [5.74, 6) is 0.139. The van der Waals surface area contributed by atoms with Gasteiger partial charge in [0.15, 0.2) is 15.4 Å². The van der Waals surface area contributed by atoms with Crippen LogP contribution in [0.25, 0.3) is 11.1 Å². The number of aryl methyl sites for hydroxylation is 1. The smallest absolute Gasteiger partial charge is 0.408 e. The van der Waals surface area contributed by atoms with Crippen molar-refractivity contribution in [2.75, 3.05) is 12.0 Å². The second-order valence-corrected chi connectivity index (χ2v) is 9.06. The lowest BCUT2D eigenvalue weighted by Crippen LogP contribution is -2.14. The van der Waals surface area contributed by atoms with E-state index in [-0.39, 0.29) is 10.6 Å². The molecule has 3 rings (SSSR count). The van der Waals surface area contributed by atoms with Crippen LogP contribution in [0.5, 0.6) is 0 Å². The molecular formula is C17H16N2O6S2. The Morgan fingerprint density at radius 1 is 1.19 bits per heavy atom. The maximum absolute atomic E-state index is 12.0. The van der Waals surface area contributed by atoms with Gasteiger partial charge in [0.05, 0.1) is 15.3 Å². The summed E-state index contributed by atoms with van der Waals surface area (Å²) in [6, 6.07) is 10.6. The van der Waals surface area contributed by atoms with Crippen molar-refractivity contribution in [3.63, 3.8) is 0 Å². The van der Waals surface area contributed by atoms with E-state index in [1.165, 1.54) is 34.5 Å². The maximum atomic E-state index is 12.0. The molecular weight excluding hydrogens is 392 g/mol. The average Bonchev–Trinajstić information content (AvgIpc) is 2.93. The molecule has 8 nitrogen and oxygen atoms in total. The summed E-state index contributed by atoms with van der Waals surface area (Å²) in [5, 5.41) is 10.9. The van der Waals surface area contributed by atoms with Gasteiger partial charge in [0.25, 0.3) is 5.69 Å². The number of non-ortho nitro benzene ring substituents is 1. The van der Waals surface area contributed by atoms with Crippen LogP contribution in [0.15, 0.2) is 61.5 Å². The van der Waals surface area contributed by atoms with Crippen LogP contribution < -0.4 is 5.76 Å². The number of thioether (sulfide) groups is 1. The summed E-state index contributed by atoms with van der Waals surface area (Å²) in [4.78, 5) is 23.6. The predicted molar refractivity (Wildman–Crippen MR) is 102 cm³/mol. The highest BCUT2D eigenvalue weighted by Crippen LogP contribution is 2.23. The Kier molecular flexibility index (Phi) is 5.38. The molecule has 0 aliphatic rings. The minimum Gasteiger partial charge on any atom is -0.408 e. The lowest BCUT2D eigenvalue weighted by Gasteiger charge is -2.04. The van der Waals surface area contributed by atoms with Crippen LogP contribution >= 0.6 is 11.8 Å². The highest BCUT2D eigenvalue weighted by molar-refractivity contribution is 7.99. The van der Waals surface area contributed by atoms with Crippen LogP contribution in [0.2, 0.25) is 0 Å². The molecule has 2 aromatic carbocycles. The molecule has 1 aromatic heterocycles. The quantitative estimate of drug-likeness (QED) is 0.255. The van der Waals surface area contributed by atoms with Gasteiger partial charge in [-0.15, -0.1) is 11.8 Å². The van der Waals surface area contributed by atoms with Gasteiger partial charge in [0.2, 0.25) is 0 Å². The highest BCUT2D eigenvalue weighted by Gasteiger charge is 2.14. The Hall–Kier alpha value is -2.59.